The van der Waals surface area contributed by atoms with Crippen LogP contribution in [0.15, 0.2) is 6.33 Å². The number of imidazole rings is 1. The van der Waals surface area contributed by atoms with Crippen LogP contribution in [0.1, 0.15) is 72.2 Å². The second kappa shape index (κ2) is 4.60. The Labute approximate surface area is 99.9 Å². The molecule has 92 valence electrons. The molecule has 0 radical (unpaired) electrons. The van der Waals surface area contributed by atoms with Gasteiger partial charge in [0.25, 0.3) is 0 Å². The van der Waals surface area contributed by atoms with Crippen molar-refractivity contribution in [2.75, 3.05) is 0 Å². The summed E-state index contributed by atoms with van der Waals surface area (Å²) >= 11 is 0. The lowest BCUT2D eigenvalue weighted by atomic mass is 9.75. The maximum atomic E-state index is 4.57. The number of hydrogen-bond donors (Lipinski definition) is 1. The van der Waals surface area contributed by atoms with Gasteiger partial charge < -0.3 is 4.98 Å². The average Bonchev–Trinajstić information content (AvgIpc) is 2.78. The fraction of sp³-hybridized carbons (Fsp3) is 0.786. The average molecular weight is 222 g/mol. The molecule has 0 aliphatic rings. The van der Waals surface area contributed by atoms with Gasteiger partial charge in [-0.3, -0.25) is 0 Å². The van der Waals surface area contributed by atoms with Gasteiger partial charge in [0.2, 0.25) is 0 Å². The molecule has 0 bridgehead atoms. The van der Waals surface area contributed by atoms with Crippen LogP contribution in [0.2, 0.25) is 0 Å². The topological polar surface area (TPSA) is 28.7 Å². The Morgan fingerprint density at radius 3 is 2.06 bits per heavy atom. The van der Waals surface area contributed by atoms with E-state index in [4.69, 9.17) is 0 Å². The molecule has 2 heteroatoms. The number of H-pyrrole nitrogens is 1. The van der Waals surface area contributed by atoms with Crippen LogP contribution in [0.3, 0.4) is 0 Å². The number of rotatable bonds is 5. The second-order valence-corrected chi connectivity index (χ2v) is 5.63. The third kappa shape index (κ3) is 2.16. The number of aromatic amines is 1. The summed E-state index contributed by atoms with van der Waals surface area (Å²) in [7, 11) is 0. The first-order valence-corrected chi connectivity index (χ1v) is 6.45. The van der Waals surface area contributed by atoms with Crippen molar-refractivity contribution in [3.05, 3.63) is 17.7 Å². The summed E-state index contributed by atoms with van der Waals surface area (Å²) in [5, 5.41) is 0. The SMILES string of the molecule is CCC(C)(C)c1nc[nH]c1C(C)(CC)CC. The maximum absolute atomic E-state index is 4.57. The highest BCUT2D eigenvalue weighted by Crippen LogP contribution is 2.37. The minimum atomic E-state index is 0.168. The fourth-order valence-electron chi connectivity index (χ4n) is 2.04. The summed E-state index contributed by atoms with van der Waals surface area (Å²) in [6.45, 7) is 13.6. The van der Waals surface area contributed by atoms with Gasteiger partial charge >= 0.3 is 0 Å². The Balaban J connectivity index is 3.22. The standard InChI is InChI=1S/C14H26N2/c1-7-13(4,5)11-12(16-10-15-11)14(6,8-2)9-3/h10H,7-9H2,1-6H3,(H,15,16). The fourth-order valence-corrected chi connectivity index (χ4v) is 2.04. The number of hydrogen-bond acceptors (Lipinski definition) is 1. The normalized spacial score (nSPS) is 13.1. The van der Waals surface area contributed by atoms with Crippen LogP contribution >= 0.6 is 0 Å². The molecule has 0 saturated heterocycles. The molecule has 0 aliphatic heterocycles. The van der Waals surface area contributed by atoms with Crippen molar-refractivity contribution in [3.8, 4) is 0 Å². The zero-order valence-corrected chi connectivity index (χ0v) is 11.6. The first-order valence-electron chi connectivity index (χ1n) is 6.45. The number of nitrogens with one attached hydrogen (secondary N) is 1. The Morgan fingerprint density at radius 1 is 1.06 bits per heavy atom. The van der Waals surface area contributed by atoms with E-state index in [-0.39, 0.29) is 10.8 Å². The Kier molecular flexibility index (Phi) is 3.82. The maximum Gasteiger partial charge on any atom is 0.0925 e. The number of aromatic nitrogens is 2. The molecule has 0 atom stereocenters. The smallest absolute Gasteiger partial charge is 0.0925 e. The summed E-state index contributed by atoms with van der Waals surface area (Å²) < 4.78 is 0. The molecule has 1 heterocycles. The van der Waals surface area contributed by atoms with Crippen molar-refractivity contribution in [2.45, 2.75) is 71.6 Å². The van der Waals surface area contributed by atoms with Crippen molar-refractivity contribution in [1.29, 1.82) is 0 Å². The first kappa shape index (κ1) is 13.3. The van der Waals surface area contributed by atoms with Crippen LogP contribution in [0.4, 0.5) is 0 Å². The monoisotopic (exact) mass is 222 g/mol. The van der Waals surface area contributed by atoms with Gasteiger partial charge in [0.1, 0.15) is 0 Å². The van der Waals surface area contributed by atoms with E-state index in [9.17, 15) is 0 Å². The van der Waals surface area contributed by atoms with Crippen LogP contribution in [0.25, 0.3) is 0 Å². The van der Waals surface area contributed by atoms with Crippen molar-refractivity contribution < 1.29 is 0 Å². The molecule has 0 amide bonds. The van der Waals surface area contributed by atoms with Gasteiger partial charge in [-0.1, -0.05) is 41.5 Å². The lowest BCUT2D eigenvalue weighted by Gasteiger charge is -2.31. The van der Waals surface area contributed by atoms with E-state index in [1.807, 2.05) is 6.33 Å². The van der Waals surface area contributed by atoms with E-state index in [0.29, 0.717) is 0 Å². The van der Waals surface area contributed by atoms with Crippen molar-refractivity contribution >= 4 is 0 Å². The van der Waals surface area contributed by atoms with Gasteiger partial charge in [-0.2, -0.15) is 0 Å². The molecule has 0 saturated carbocycles. The van der Waals surface area contributed by atoms with Crippen LogP contribution in [-0.2, 0) is 10.8 Å². The zero-order valence-electron chi connectivity index (χ0n) is 11.6. The second-order valence-electron chi connectivity index (χ2n) is 5.63. The molecule has 1 aromatic heterocycles. The lowest BCUT2D eigenvalue weighted by molar-refractivity contribution is 0.402. The molecule has 0 fully saturated rings. The molecule has 16 heavy (non-hydrogen) atoms. The minimum Gasteiger partial charge on any atom is -0.348 e. The van der Waals surface area contributed by atoms with E-state index in [1.54, 1.807) is 0 Å². The third-order valence-electron chi connectivity index (χ3n) is 4.33. The van der Waals surface area contributed by atoms with E-state index in [0.717, 1.165) is 19.3 Å². The van der Waals surface area contributed by atoms with Crippen LogP contribution < -0.4 is 0 Å². The van der Waals surface area contributed by atoms with Gasteiger partial charge in [-0.25, -0.2) is 4.98 Å². The Bertz CT molecular complexity index is 332. The Morgan fingerprint density at radius 2 is 1.62 bits per heavy atom. The van der Waals surface area contributed by atoms with Crippen molar-refractivity contribution in [3.63, 3.8) is 0 Å². The van der Waals surface area contributed by atoms with Crippen molar-refractivity contribution in [1.82, 2.24) is 9.97 Å². The predicted molar refractivity (Wildman–Crippen MR) is 69.8 cm³/mol. The predicted octanol–water partition coefficient (Wildman–Crippen LogP) is 4.18. The summed E-state index contributed by atoms with van der Waals surface area (Å²) in [6.07, 6.45) is 5.27. The highest BCUT2D eigenvalue weighted by molar-refractivity contribution is 5.27. The molecule has 0 unspecified atom stereocenters. The molecular weight excluding hydrogens is 196 g/mol. The van der Waals surface area contributed by atoms with E-state index >= 15 is 0 Å². The van der Waals surface area contributed by atoms with Gasteiger partial charge in [0.15, 0.2) is 0 Å². The summed E-state index contributed by atoms with van der Waals surface area (Å²) in [6, 6.07) is 0. The minimum absolute atomic E-state index is 0.168. The van der Waals surface area contributed by atoms with E-state index < -0.39 is 0 Å². The summed E-state index contributed by atoms with van der Waals surface area (Å²) in [5.41, 5.74) is 2.99. The van der Waals surface area contributed by atoms with Crippen LogP contribution in [0, 0.1) is 0 Å². The van der Waals surface area contributed by atoms with Gasteiger partial charge in [-0.15, -0.1) is 0 Å². The van der Waals surface area contributed by atoms with E-state index in [2.05, 4.69) is 51.5 Å². The molecule has 1 aromatic rings. The molecule has 1 N–H and O–H groups in total. The van der Waals surface area contributed by atoms with Crippen LogP contribution in [0.5, 0.6) is 0 Å². The first-order chi connectivity index (χ1) is 7.41. The molecular formula is C14H26N2. The molecule has 1 rings (SSSR count). The van der Waals surface area contributed by atoms with Crippen molar-refractivity contribution in [2.24, 2.45) is 0 Å². The molecule has 0 aromatic carbocycles. The third-order valence-corrected chi connectivity index (χ3v) is 4.33. The summed E-state index contributed by atoms with van der Waals surface area (Å²) in [5.74, 6) is 0. The Hall–Kier alpha value is -0.790. The largest absolute Gasteiger partial charge is 0.348 e. The van der Waals surface area contributed by atoms with Gasteiger partial charge in [-0.05, 0) is 19.3 Å². The van der Waals surface area contributed by atoms with Crippen LogP contribution in [-0.4, -0.2) is 9.97 Å². The quantitative estimate of drug-likeness (QED) is 0.795. The van der Waals surface area contributed by atoms with E-state index in [1.165, 1.54) is 11.4 Å². The highest BCUT2D eigenvalue weighted by Gasteiger charge is 2.33. The number of nitrogens with zero attached hydrogens (tertiary/aromatic N) is 1. The van der Waals surface area contributed by atoms with Gasteiger partial charge in [0, 0.05) is 16.5 Å². The zero-order chi connectivity index (χ0) is 12.4. The molecule has 0 aliphatic carbocycles. The molecule has 0 spiro atoms. The summed E-state index contributed by atoms with van der Waals surface area (Å²) in [4.78, 5) is 7.94. The molecule has 2 nitrogen and oxygen atoms in total. The lowest BCUT2D eigenvalue weighted by Crippen LogP contribution is -2.27. The van der Waals surface area contributed by atoms with Gasteiger partial charge in [0.05, 0.1) is 12.0 Å². The highest BCUT2D eigenvalue weighted by atomic mass is 14.9.